The number of fused-ring (bicyclic) bond motifs is 1. The lowest BCUT2D eigenvalue weighted by Gasteiger charge is -2.11. The van der Waals surface area contributed by atoms with Crippen molar-refractivity contribution >= 4 is 16.6 Å². The number of hydrogen-bond acceptors (Lipinski definition) is 3. The van der Waals surface area contributed by atoms with E-state index in [1.807, 2.05) is 30.3 Å². The van der Waals surface area contributed by atoms with Crippen molar-refractivity contribution in [3.63, 3.8) is 0 Å². The molecule has 0 aromatic heterocycles. The van der Waals surface area contributed by atoms with Crippen LogP contribution < -0.4 is 9.47 Å². The third-order valence-electron chi connectivity index (χ3n) is 3.44. The van der Waals surface area contributed by atoms with Crippen molar-refractivity contribution in [2.45, 2.75) is 26.2 Å². The van der Waals surface area contributed by atoms with Gasteiger partial charge in [0.25, 0.3) is 0 Å². The summed E-state index contributed by atoms with van der Waals surface area (Å²) >= 11 is 0. The zero-order valence-electron chi connectivity index (χ0n) is 12.2. The number of rotatable bonds is 6. The Kier molecular flexibility index (Phi) is 4.61. The van der Waals surface area contributed by atoms with Crippen molar-refractivity contribution in [2.75, 3.05) is 14.2 Å². The lowest BCUT2D eigenvalue weighted by atomic mass is 9.98. The minimum atomic E-state index is 0.185. The average molecular weight is 272 g/mol. The highest BCUT2D eigenvalue weighted by Crippen LogP contribution is 2.34. The maximum Gasteiger partial charge on any atom is 0.163 e. The number of methoxy groups -OCH3 is 2. The summed E-state index contributed by atoms with van der Waals surface area (Å²) in [5, 5.41) is 1.91. The Bertz CT molecular complexity index is 617. The molecular weight excluding hydrogens is 252 g/mol. The summed E-state index contributed by atoms with van der Waals surface area (Å²) < 4.78 is 10.6. The zero-order valence-corrected chi connectivity index (χ0v) is 12.2. The molecule has 20 heavy (non-hydrogen) atoms. The lowest BCUT2D eigenvalue weighted by molar-refractivity contribution is 0.0981. The smallest absolute Gasteiger partial charge is 0.163 e. The molecule has 0 unspecified atom stereocenters. The molecule has 2 aromatic carbocycles. The van der Waals surface area contributed by atoms with Crippen molar-refractivity contribution in [2.24, 2.45) is 0 Å². The molecule has 0 radical (unpaired) electrons. The molecule has 0 heterocycles. The van der Waals surface area contributed by atoms with Crippen LogP contribution in [-0.2, 0) is 0 Å². The molecule has 0 N–H and O–H groups in total. The number of carbonyl (C=O) groups excluding carboxylic acids is 1. The van der Waals surface area contributed by atoms with E-state index in [0.717, 1.165) is 29.2 Å². The molecule has 0 spiro atoms. The highest BCUT2D eigenvalue weighted by Gasteiger charge is 2.13. The minimum absolute atomic E-state index is 0.185. The molecule has 0 aliphatic carbocycles. The Balaban J connectivity index is 2.53. The van der Waals surface area contributed by atoms with Crippen molar-refractivity contribution < 1.29 is 14.3 Å². The van der Waals surface area contributed by atoms with Crippen LogP contribution in [-0.4, -0.2) is 20.0 Å². The Morgan fingerprint density at radius 2 is 1.80 bits per heavy atom. The third-order valence-corrected chi connectivity index (χ3v) is 3.44. The van der Waals surface area contributed by atoms with Crippen molar-refractivity contribution in [3.8, 4) is 11.5 Å². The van der Waals surface area contributed by atoms with Crippen LogP contribution in [0.5, 0.6) is 11.5 Å². The maximum absolute atomic E-state index is 12.3. The first-order valence-electron chi connectivity index (χ1n) is 6.89. The van der Waals surface area contributed by atoms with Crippen LogP contribution in [0.15, 0.2) is 30.3 Å². The summed E-state index contributed by atoms with van der Waals surface area (Å²) in [5.41, 5.74) is 0.761. The van der Waals surface area contributed by atoms with E-state index < -0.39 is 0 Å². The monoisotopic (exact) mass is 272 g/mol. The first kappa shape index (κ1) is 14.4. The van der Waals surface area contributed by atoms with Gasteiger partial charge in [-0.05, 0) is 29.3 Å². The second kappa shape index (κ2) is 6.42. The normalized spacial score (nSPS) is 10.6. The Morgan fingerprint density at radius 1 is 1.10 bits per heavy atom. The number of ether oxygens (including phenoxy) is 2. The Labute approximate surface area is 119 Å². The van der Waals surface area contributed by atoms with Gasteiger partial charge >= 0.3 is 0 Å². The Morgan fingerprint density at radius 3 is 2.45 bits per heavy atom. The molecule has 2 aromatic rings. The van der Waals surface area contributed by atoms with E-state index in [1.54, 1.807) is 14.2 Å². The number of ketones is 1. The average Bonchev–Trinajstić information content (AvgIpc) is 2.50. The molecule has 3 heteroatoms. The molecule has 3 nitrogen and oxygen atoms in total. The van der Waals surface area contributed by atoms with E-state index in [9.17, 15) is 4.79 Å². The van der Waals surface area contributed by atoms with E-state index in [2.05, 4.69) is 6.92 Å². The highest BCUT2D eigenvalue weighted by atomic mass is 16.5. The van der Waals surface area contributed by atoms with Gasteiger partial charge in [-0.2, -0.15) is 0 Å². The van der Waals surface area contributed by atoms with E-state index in [4.69, 9.17) is 9.47 Å². The van der Waals surface area contributed by atoms with Crippen LogP contribution in [0.2, 0.25) is 0 Å². The molecule has 0 aliphatic heterocycles. The molecule has 0 atom stereocenters. The number of unbranched alkanes of at least 4 members (excludes halogenated alkanes) is 1. The van der Waals surface area contributed by atoms with Gasteiger partial charge in [0.05, 0.1) is 14.2 Å². The van der Waals surface area contributed by atoms with Gasteiger partial charge < -0.3 is 9.47 Å². The lowest BCUT2D eigenvalue weighted by Crippen LogP contribution is -2.00. The van der Waals surface area contributed by atoms with Crippen LogP contribution in [0.1, 0.15) is 36.5 Å². The molecule has 0 aliphatic rings. The van der Waals surface area contributed by atoms with Crippen molar-refractivity contribution in [3.05, 3.63) is 35.9 Å². The molecule has 0 bridgehead atoms. The summed E-state index contributed by atoms with van der Waals surface area (Å²) in [5.74, 6) is 1.51. The number of Topliss-reactive ketones (excluding diaryl/α,β-unsaturated/α-hetero) is 1. The van der Waals surface area contributed by atoms with Gasteiger partial charge in [0, 0.05) is 12.0 Å². The first-order chi connectivity index (χ1) is 9.71. The minimum Gasteiger partial charge on any atom is -0.493 e. The largest absolute Gasteiger partial charge is 0.493 e. The molecular formula is C17H20O3. The number of carbonyl (C=O) groups is 1. The van der Waals surface area contributed by atoms with Crippen molar-refractivity contribution in [1.29, 1.82) is 0 Å². The van der Waals surface area contributed by atoms with Gasteiger partial charge in [-0.1, -0.05) is 31.5 Å². The SMILES string of the molecule is CCCCC(=O)c1cccc2cc(OC)c(OC)cc12. The van der Waals surface area contributed by atoms with Crippen LogP contribution in [0.25, 0.3) is 10.8 Å². The van der Waals surface area contributed by atoms with Gasteiger partial charge in [-0.3, -0.25) is 4.79 Å². The second-order valence-electron chi connectivity index (χ2n) is 4.76. The van der Waals surface area contributed by atoms with E-state index in [0.29, 0.717) is 17.9 Å². The van der Waals surface area contributed by atoms with Gasteiger partial charge in [0.15, 0.2) is 17.3 Å². The van der Waals surface area contributed by atoms with E-state index >= 15 is 0 Å². The fourth-order valence-electron chi connectivity index (χ4n) is 2.32. The quantitative estimate of drug-likeness (QED) is 0.738. The molecule has 2 rings (SSSR count). The van der Waals surface area contributed by atoms with Crippen LogP contribution >= 0.6 is 0 Å². The van der Waals surface area contributed by atoms with E-state index in [-0.39, 0.29) is 5.78 Å². The molecule has 0 saturated carbocycles. The van der Waals surface area contributed by atoms with Gasteiger partial charge in [0.2, 0.25) is 0 Å². The second-order valence-corrected chi connectivity index (χ2v) is 4.76. The number of benzene rings is 2. The maximum atomic E-state index is 12.3. The first-order valence-corrected chi connectivity index (χ1v) is 6.89. The van der Waals surface area contributed by atoms with Crippen LogP contribution in [0.4, 0.5) is 0 Å². The van der Waals surface area contributed by atoms with Crippen LogP contribution in [0, 0.1) is 0 Å². The standard InChI is InChI=1S/C17H20O3/c1-4-5-9-15(18)13-8-6-7-12-10-16(19-2)17(20-3)11-14(12)13/h6-8,10-11H,4-5,9H2,1-3H3. The molecule has 0 amide bonds. The predicted octanol–water partition coefficient (Wildman–Crippen LogP) is 4.23. The topological polar surface area (TPSA) is 35.5 Å². The van der Waals surface area contributed by atoms with Crippen molar-refractivity contribution in [1.82, 2.24) is 0 Å². The van der Waals surface area contributed by atoms with Gasteiger partial charge in [-0.15, -0.1) is 0 Å². The summed E-state index contributed by atoms with van der Waals surface area (Å²) in [7, 11) is 3.21. The Hall–Kier alpha value is -2.03. The summed E-state index contributed by atoms with van der Waals surface area (Å²) in [4.78, 5) is 12.3. The molecule has 0 saturated heterocycles. The summed E-state index contributed by atoms with van der Waals surface area (Å²) in [6, 6.07) is 9.56. The fourth-order valence-corrected chi connectivity index (χ4v) is 2.32. The fraction of sp³-hybridized carbons (Fsp3) is 0.353. The van der Waals surface area contributed by atoms with Gasteiger partial charge in [0.1, 0.15) is 0 Å². The van der Waals surface area contributed by atoms with Crippen LogP contribution in [0.3, 0.4) is 0 Å². The molecule has 0 fully saturated rings. The highest BCUT2D eigenvalue weighted by molar-refractivity contribution is 6.08. The molecule has 106 valence electrons. The zero-order chi connectivity index (χ0) is 14.5. The van der Waals surface area contributed by atoms with E-state index in [1.165, 1.54) is 0 Å². The summed E-state index contributed by atoms with van der Waals surface area (Å²) in [6.45, 7) is 2.09. The predicted molar refractivity (Wildman–Crippen MR) is 80.9 cm³/mol. The summed E-state index contributed by atoms with van der Waals surface area (Å²) in [6.07, 6.45) is 2.53. The van der Waals surface area contributed by atoms with Gasteiger partial charge in [-0.25, -0.2) is 0 Å². The third kappa shape index (κ3) is 2.77. The number of hydrogen-bond donors (Lipinski definition) is 0.